The summed E-state index contributed by atoms with van der Waals surface area (Å²) in [6.07, 6.45) is 0.156. The van der Waals surface area contributed by atoms with Gasteiger partial charge in [-0.15, -0.1) is 23.5 Å². The van der Waals surface area contributed by atoms with Gasteiger partial charge in [0.15, 0.2) is 12.1 Å². The van der Waals surface area contributed by atoms with E-state index in [0.29, 0.717) is 0 Å². The number of esters is 2. The summed E-state index contributed by atoms with van der Waals surface area (Å²) in [7, 11) is 2.48. The Labute approximate surface area is 312 Å². The van der Waals surface area contributed by atoms with Crippen molar-refractivity contribution in [3.05, 3.63) is 71.8 Å². The summed E-state index contributed by atoms with van der Waals surface area (Å²) >= 11 is 2.70. The Bertz CT molecular complexity index is 1480. The fourth-order valence-electron chi connectivity index (χ4n) is 6.06. The van der Waals surface area contributed by atoms with E-state index in [0.717, 1.165) is 11.1 Å². The van der Waals surface area contributed by atoms with Gasteiger partial charge in [-0.3, -0.25) is 29.8 Å². The van der Waals surface area contributed by atoms with Crippen LogP contribution < -0.4 is 31.9 Å². The number of methoxy groups -OCH3 is 2. The van der Waals surface area contributed by atoms with Crippen molar-refractivity contribution in [3.8, 4) is 0 Å². The van der Waals surface area contributed by atoms with Crippen molar-refractivity contribution in [1.29, 1.82) is 0 Å². The average molecular weight is 757 g/mol. The molecule has 4 rings (SSSR count). The minimum atomic E-state index is -1.04. The fourth-order valence-corrected chi connectivity index (χ4v) is 9.03. The maximum atomic E-state index is 13.4. The lowest BCUT2D eigenvalue weighted by Crippen LogP contribution is -2.57. The molecule has 2 aliphatic heterocycles. The van der Waals surface area contributed by atoms with Crippen LogP contribution in [0.4, 0.5) is 0 Å². The molecule has 0 radical (unpaired) electrons. The molecule has 2 aromatic carbocycles. The Morgan fingerprint density at radius 2 is 0.981 bits per heavy atom. The van der Waals surface area contributed by atoms with Crippen LogP contribution in [0.5, 0.6) is 0 Å². The van der Waals surface area contributed by atoms with Gasteiger partial charge in [-0.25, -0.2) is 9.59 Å². The van der Waals surface area contributed by atoms with Crippen LogP contribution >= 0.6 is 23.5 Å². The number of ether oxygens (including phenoxy) is 2. The summed E-state index contributed by atoms with van der Waals surface area (Å²) in [6.45, 7) is 7.70. The quantitative estimate of drug-likeness (QED) is 0.110. The molecule has 0 saturated carbocycles. The Balaban J connectivity index is 1.29. The van der Waals surface area contributed by atoms with Crippen molar-refractivity contribution in [2.45, 2.75) is 84.9 Å². The lowest BCUT2D eigenvalue weighted by molar-refractivity contribution is -0.145. The van der Waals surface area contributed by atoms with E-state index >= 15 is 0 Å². The predicted octanol–water partition coefficient (Wildman–Crippen LogP) is 0.639. The molecule has 6 N–H and O–H groups in total. The van der Waals surface area contributed by atoms with Gasteiger partial charge in [-0.05, 0) is 38.8 Å². The number of carbonyl (C=O) groups excluding carboxylic acids is 6. The summed E-state index contributed by atoms with van der Waals surface area (Å²) in [5.74, 6) is -2.66. The van der Waals surface area contributed by atoms with E-state index in [2.05, 4.69) is 31.9 Å². The van der Waals surface area contributed by atoms with Crippen LogP contribution in [-0.4, -0.2) is 107 Å². The van der Waals surface area contributed by atoms with Gasteiger partial charge < -0.3 is 30.7 Å². The van der Waals surface area contributed by atoms with E-state index < -0.39 is 56.3 Å². The third-order valence-corrected chi connectivity index (χ3v) is 11.7. The first-order valence-corrected chi connectivity index (χ1v) is 18.7. The zero-order valence-corrected chi connectivity index (χ0v) is 31.8. The number of amides is 4. The fraction of sp³-hybridized carbons (Fsp3) is 0.500. The number of hydrogen-bond donors (Lipinski definition) is 6. The molecule has 2 saturated heterocycles. The molecule has 2 aliphatic rings. The van der Waals surface area contributed by atoms with Gasteiger partial charge in [0.1, 0.15) is 12.1 Å². The van der Waals surface area contributed by atoms with Gasteiger partial charge in [0, 0.05) is 22.6 Å². The van der Waals surface area contributed by atoms with E-state index in [1.165, 1.54) is 37.7 Å². The molecule has 282 valence electrons. The maximum absolute atomic E-state index is 13.4. The van der Waals surface area contributed by atoms with E-state index in [1.54, 1.807) is 0 Å². The molecule has 16 heteroatoms. The Hall–Kier alpha value is -4.12. The van der Waals surface area contributed by atoms with Crippen LogP contribution in [0.3, 0.4) is 0 Å². The van der Waals surface area contributed by atoms with Crippen LogP contribution in [0.25, 0.3) is 0 Å². The number of benzene rings is 2. The monoisotopic (exact) mass is 756 g/mol. The lowest BCUT2D eigenvalue weighted by Gasteiger charge is -2.25. The van der Waals surface area contributed by atoms with E-state index in [4.69, 9.17) is 9.47 Å². The van der Waals surface area contributed by atoms with Crippen LogP contribution in [0.2, 0.25) is 0 Å². The van der Waals surface area contributed by atoms with E-state index in [9.17, 15) is 28.8 Å². The molecule has 4 amide bonds. The second-order valence-electron chi connectivity index (χ2n) is 13.5. The Kier molecular flexibility index (Phi) is 14.1. The zero-order chi connectivity index (χ0) is 38.1. The van der Waals surface area contributed by atoms with Crippen LogP contribution in [-0.2, 0) is 51.1 Å². The predicted molar refractivity (Wildman–Crippen MR) is 199 cm³/mol. The number of nitrogens with one attached hydrogen (secondary N) is 6. The Morgan fingerprint density at radius 1 is 0.635 bits per heavy atom. The maximum Gasteiger partial charge on any atom is 0.330 e. The highest BCUT2D eigenvalue weighted by molar-refractivity contribution is 8.01. The summed E-state index contributed by atoms with van der Waals surface area (Å²) in [6, 6.07) is 14.7. The van der Waals surface area contributed by atoms with Crippen molar-refractivity contribution in [2.24, 2.45) is 0 Å². The normalized spacial score (nSPS) is 22.7. The standard InChI is InChI=1S/C36H48N6O8S2/c1-35(2)27(41-31(51-35)25(33(47)49-5)39-23(43)19-21-13-9-7-10-14-21)29(45)37-17-18-38-30(46)28-36(3,4)52-32(42-28)26(34(48)50-6)40-24(44)20-22-15-11-8-12-16-22/h7-16,25-28,31-32,41-42H,17-20H2,1-6H3,(H,37,45)(H,38,46)(H,39,43)(H,40,44)/t25-,26-,27-,28-,31+,32+/m0/s1. The molecule has 14 nitrogen and oxygen atoms in total. The van der Waals surface area contributed by atoms with Gasteiger partial charge in [0.2, 0.25) is 23.6 Å². The van der Waals surface area contributed by atoms with E-state index in [1.807, 2.05) is 88.4 Å². The first-order chi connectivity index (χ1) is 24.6. The number of thioether (sulfide) groups is 2. The number of rotatable bonds is 15. The summed E-state index contributed by atoms with van der Waals surface area (Å²) in [5.41, 5.74) is 1.58. The van der Waals surface area contributed by atoms with Crippen LogP contribution in [0, 0.1) is 0 Å². The molecule has 52 heavy (non-hydrogen) atoms. The molecule has 0 aliphatic carbocycles. The van der Waals surface area contributed by atoms with Crippen molar-refractivity contribution in [2.75, 3.05) is 27.3 Å². The highest BCUT2D eigenvalue weighted by Gasteiger charge is 2.51. The molecule has 2 aromatic rings. The second kappa shape index (κ2) is 18.1. The largest absolute Gasteiger partial charge is 0.467 e. The molecule has 0 bridgehead atoms. The average Bonchev–Trinajstić information content (AvgIpc) is 3.61. The van der Waals surface area contributed by atoms with E-state index in [-0.39, 0.29) is 49.6 Å². The number of hydrogen-bond acceptors (Lipinski definition) is 12. The third-order valence-electron chi connectivity index (χ3n) is 8.73. The minimum absolute atomic E-state index is 0.0782. The van der Waals surface area contributed by atoms with Crippen molar-refractivity contribution in [3.63, 3.8) is 0 Å². The molecule has 6 atom stereocenters. The molecule has 2 fully saturated rings. The molecule has 2 heterocycles. The summed E-state index contributed by atoms with van der Waals surface area (Å²) in [4.78, 5) is 77.9. The Morgan fingerprint density at radius 3 is 1.31 bits per heavy atom. The van der Waals surface area contributed by atoms with Gasteiger partial charge in [-0.2, -0.15) is 0 Å². The first-order valence-electron chi connectivity index (χ1n) is 16.9. The van der Waals surface area contributed by atoms with Crippen LogP contribution in [0.15, 0.2) is 60.7 Å². The topological polar surface area (TPSA) is 193 Å². The van der Waals surface area contributed by atoms with Gasteiger partial charge in [-0.1, -0.05) is 60.7 Å². The van der Waals surface area contributed by atoms with Crippen LogP contribution in [0.1, 0.15) is 38.8 Å². The first kappa shape index (κ1) is 40.6. The van der Waals surface area contributed by atoms with Gasteiger partial charge in [0.25, 0.3) is 0 Å². The third kappa shape index (κ3) is 10.7. The van der Waals surface area contributed by atoms with Crippen molar-refractivity contribution < 1.29 is 38.2 Å². The molecular formula is C36H48N6O8S2. The molecular weight excluding hydrogens is 709 g/mol. The molecule has 0 unspecified atom stereocenters. The summed E-state index contributed by atoms with van der Waals surface area (Å²) < 4.78 is 8.63. The van der Waals surface area contributed by atoms with Gasteiger partial charge in [0.05, 0.1) is 37.8 Å². The zero-order valence-electron chi connectivity index (χ0n) is 30.1. The highest BCUT2D eigenvalue weighted by atomic mass is 32.2. The van der Waals surface area contributed by atoms with Crippen molar-refractivity contribution in [1.82, 2.24) is 31.9 Å². The number of carbonyl (C=O) groups is 6. The SMILES string of the molecule is COC(=O)[C@@H](NC(=O)Cc1ccccc1)[C@@H]1N[C@@H](C(=O)NCCNC(=O)[C@@H]2N[C@@H]([C@H](NC(=O)Cc3ccccc3)C(=O)OC)SC2(C)C)C(C)(C)S1. The highest BCUT2D eigenvalue weighted by Crippen LogP contribution is 2.40. The molecule has 0 aromatic heterocycles. The minimum Gasteiger partial charge on any atom is -0.467 e. The summed E-state index contributed by atoms with van der Waals surface area (Å²) in [5, 5.41) is 16.3. The lowest BCUT2D eigenvalue weighted by atomic mass is 10.0. The van der Waals surface area contributed by atoms with Gasteiger partial charge >= 0.3 is 11.9 Å². The molecule has 0 spiro atoms. The second-order valence-corrected chi connectivity index (χ2v) is 17.1. The van der Waals surface area contributed by atoms with Crippen molar-refractivity contribution >= 4 is 59.1 Å². The smallest absolute Gasteiger partial charge is 0.330 e.